The van der Waals surface area contributed by atoms with Crippen molar-refractivity contribution in [2.45, 2.75) is 18.2 Å². The van der Waals surface area contributed by atoms with E-state index in [0.717, 1.165) is 41.0 Å². The molecule has 1 aromatic carbocycles. The fraction of sp³-hybridized carbons (Fsp3) is 0.455. The topological polar surface area (TPSA) is 35.2 Å². The third kappa shape index (κ3) is 4.78. The van der Waals surface area contributed by atoms with Crippen LogP contribution < -0.4 is 5.73 Å². The van der Waals surface area contributed by atoms with Gasteiger partial charge in [0.25, 0.3) is 0 Å². The minimum Gasteiger partial charge on any atom is -0.398 e. The second-order valence-electron chi connectivity index (χ2n) is 3.14. The van der Waals surface area contributed by atoms with Crippen LogP contribution in [-0.2, 0) is 4.74 Å². The van der Waals surface area contributed by atoms with E-state index in [0.29, 0.717) is 0 Å². The molecule has 0 atom stereocenters. The predicted molar refractivity (Wildman–Crippen MR) is 67.7 cm³/mol. The van der Waals surface area contributed by atoms with Crippen molar-refractivity contribution in [3.63, 3.8) is 0 Å². The lowest BCUT2D eigenvalue weighted by molar-refractivity contribution is 0.151. The number of ether oxygens (including phenoxy) is 1. The van der Waals surface area contributed by atoms with E-state index in [9.17, 15) is 0 Å². The first-order valence-corrected chi connectivity index (χ1v) is 6.36. The van der Waals surface area contributed by atoms with Gasteiger partial charge in [0.2, 0.25) is 0 Å². The fourth-order valence-corrected chi connectivity index (χ4v) is 2.19. The van der Waals surface area contributed by atoms with Crippen LogP contribution in [-0.4, -0.2) is 19.0 Å². The number of halogens is 1. The number of benzene rings is 1. The highest BCUT2D eigenvalue weighted by Gasteiger charge is 2.00. The van der Waals surface area contributed by atoms with Gasteiger partial charge in [-0.05, 0) is 24.6 Å². The van der Waals surface area contributed by atoms with Crippen molar-refractivity contribution >= 4 is 29.1 Å². The van der Waals surface area contributed by atoms with Gasteiger partial charge in [-0.25, -0.2) is 0 Å². The SMILES string of the molecule is CCCOCCSc1cc(Cl)ccc1N. The Hall–Kier alpha value is -0.380. The van der Waals surface area contributed by atoms with Gasteiger partial charge in [0.15, 0.2) is 0 Å². The van der Waals surface area contributed by atoms with E-state index in [4.69, 9.17) is 22.1 Å². The highest BCUT2D eigenvalue weighted by atomic mass is 35.5. The van der Waals surface area contributed by atoms with Crippen LogP contribution in [0.2, 0.25) is 5.02 Å². The number of anilines is 1. The van der Waals surface area contributed by atoms with E-state index in [1.54, 1.807) is 17.8 Å². The molecule has 0 radical (unpaired) electrons. The molecule has 0 heterocycles. The molecule has 2 nitrogen and oxygen atoms in total. The molecule has 0 fully saturated rings. The number of hydrogen-bond acceptors (Lipinski definition) is 3. The van der Waals surface area contributed by atoms with Crippen LogP contribution in [0.5, 0.6) is 0 Å². The quantitative estimate of drug-likeness (QED) is 0.474. The van der Waals surface area contributed by atoms with Gasteiger partial charge in [-0.2, -0.15) is 0 Å². The van der Waals surface area contributed by atoms with Gasteiger partial charge in [-0.15, -0.1) is 11.8 Å². The Bertz CT molecular complexity index is 307. The summed E-state index contributed by atoms with van der Waals surface area (Å²) in [5, 5.41) is 0.723. The number of hydrogen-bond donors (Lipinski definition) is 1. The summed E-state index contributed by atoms with van der Waals surface area (Å²) in [5.74, 6) is 0.907. The van der Waals surface area contributed by atoms with Crippen LogP contribution in [0.1, 0.15) is 13.3 Å². The molecule has 0 unspecified atom stereocenters. The van der Waals surface area contributed by atoms with Crippen LogP contribution in [0.25, 0.3) is 0 Å². The summed E-state index contributed by atoms with van der Waals surface area (Å²) >= 11 is 7.56. The lowest BCUT2D eigenvalue weighted by atomic mass is 10.3. The van der Waals surface area contributed by atoms with E-state index in [-0.39, 0.29) is 0 Å². The van der Waals surface area contributed by atoms with E-state index in [2.05, 4.69) is 6.92 Å². The number of thioether (sulfide) groups is 1. The van der Waals surface area contributed by atoms with Crippen molar-refractivity contribution in [3.05, 3.63) is 23.2 Å². The molecular weight excluding hydrogens is 230 g/mol. The third-order valence-corrected chi connectivity index (χ3v) is 3.08. The average Bonchev–Trinajstić information content (AvgIpc) is 2.23. The lowest BCUT2D eigenvalue weighted by Gasteiger charge is -2.06. The largest absolute Gasteiger partial charge is 0.398 e. The summed E-state index contributed by atoms with van der Waals surface area (Å²) in [6, 6.07) is 5.52. The maximum atomic E-state index is 5.88. The molecule has 84 valence electrons. The van der Waals surface area contributed by atoms with Gasteiger partial charge in [0.05, 0.1) is 6.61 Å². The standard InChI is InChI=1S/C11H16ClNOS/c1-2-5-14-6-7-15-11-8-9(12)3-4-10(11)13/h3-4,8H,2,5-7,13H2,1H3. The van der Waals surface area contributed by atoms with Gasteiger partial charge < -0.3 is 10.5 Å². The van der Waals surface area contributed by atoms with Crippen molar-refractivity contribution in [2.75, 3.05) is 24.7 Å². The monoisotopic (exact) mass is 245 g/mol. The van der Waals surface area contributed by atoms with Crippen LogP contribution in [0.3, 0.4) is 0 Å². The molecule has 4 heteroatoms. The number of nitrogens with two attached hydrogens (primary N) is 1. The maximum Gasteiger partial charge on any atom is 0.0560 e. The molecule has 1 aromatic rings. The summed E-state index contributed by atoms with van der Waals surface area (Å²) in [6.45, 7) is 3.68. The van der Waals surface area contributed by atoms with Crippen molar-refractivity contribution in [2.24, 2.45) is 0 Å². The summed E-state index contributed by atoms with van der Waals surface area (Å²) in [6.07, 6.45) is 1.06. The molecule has 0 amide bonds. The van der Waals surface area contributed by atoms with Gasteiger partial charge in [-0.1, -0.05) is 18.5 Å². The highest BCUT2D eigenvalue weighted by Crippen LogP contribution is 2.27. The summed E-state index contributed by atoms with van der Waals surface area (Å²) in [4.78, 5) is 1.03. The van der Waals surface area contributed by atoms with Crippen molar-refractivity contribution in [1.29, 1.82) is 0 Å². The summed E-state index contributed by atoms with van der Waals surface area (Å²) in [7, 11) is 0. The lowest BCUT2D eigenvalue weighted by Crippen LogP contribution is -1.98. The Balaban J connectivity index is 2.33. The van der Waals surface area contributed by atoms with Crippen molar-refractivity contribution in [3.8, 4) is 0 Å². The Morgan fingerprint density at radius 3 is 2.93 bits per heavy atom. The van der Waals surface area contributed by atoms with E-state index >= 15 is 0 Å². The normalized spacial score (nSPS) is 10.5. The molecule has 15 heavy (non-hydrogen) atoms. The summed E-state index contributed by atoms with van der Waals surface area (Å²) in [5.41, 5.74) is 6.59. The minimum atomic E-state index is 0.723. The Kier molecular flexibility index (Phi) is 5.91. The van der Waals surface area contributed by atoms with Gasteiger partial charge in [0.1, 0.15) is 0 Å². The second-order valence-corrected chi connectivity index (χ2v) is 4.72. The van der Waals surface area contributed by atoms with Gasteiger partial charge in [0, 0.05) is 28.0 Å². The molecule has 0 aromatic heterocycles. The first kappa shape index (κ1) is 12.7. The van der Waals surface area contributed by atoms with Gasteiger partial charge >= 0.3 is 0 Å². The first-order valence-electron chi connectivity index (χ1n) is 4.99. The Morgan fingerprint density at radius 1 is 1.40 bits per heavy atom. The molecule has 0 bridgehead atoms. The molecule has 2 N–H and O–H groups in total. The van der Waals surface area contributed by atoms with E-state index < -0.39 is 0 Å². The van der Waals surface area contributed by atoms with Gasteiger partial charge in [-0.3, -0.25) is 0 Å². The van der Waals surface area contributed by atoms with Crippen LogP contribution >= 0.6 is 23.4 Å². The molecule has 0 aliphatic carbocycles. The zero-order valence-electron chi connectivity index (χ0n) is 8.83. The maximum absolute atomic E-state index is 5.88. The Labute approximate surface area is 100 Å². The molecule has 0 saturated heterocycles. The first-order chi connectivity index (χ1) is 7.24. The molecule has 0 saturated carbocycles. The Morgan fingerprint density at radius 2 is 2.20 bits per heavy atom. The zero-order chi connectivity index (χ0) is 11.1. The number of rotatable bonds is 6. The molecule has 1 rings (SSSR count). The predicted octanol–water partition coefficient (Wildman–Crippen LogP) is 3.44. The van der Waals surface area contributed by atoms with Crippen LogP contribution in [0, 0.1) is 0 Å². The van der Waals surface area contributed by atoms with Crippen molar-refractivity contribution < 1.29 is 4.74 Å². The number of nitrogen functional groups attached to an aromatic ring is 1. The molecular formula is C11H16ClNOS. The van der Waals surface area contributed by atoms with Crippen LogP contribution in [0.15, 0.2) is 23.1 Å². The zero-order valence-corrected chi connectivity index (χ0v) is 10.4. The second kappa shape index (κ2) is 6.99. The van der Waals surface area contributed by atoms with Crippen molar-refractivity contribution in [1.82, 2.24) is 0 Å². The summed E-state index contributed by atoms with van der Waals surface area (Å²) < 4.78 is 5.38. The molecule has 0 aliphatic heterocycles. The average molecular weight is 246 g/mol. The van der Waals surface area contributed by atoms with E-state index in [1.807, 2.05) is 12.1 Å². The minimum absolute atomic E-state index is 0.723. The molecule has 0 spiro atoms. The fourth-order valence-electron chi connectivity index (χ4n) is 1.09. The smallest absolute Gasteiger partial charge is 0.0560 e. The molecule has 0 aliphatic rings. The highest BCUT2D eigenvalue weighted by molar-refractivity contribution is 7.99. The van der Waals surface area contributed by atoms with Crippen LogP contribution in [0.4, 0.5) is 5.69 Å². The van der Waals surface area contributed by atoms with E-state index in [1.165, 1.54) is 0 Å². The third-order valence-electron chi connectivity index (χ3n) is 1.81.